The van der Waals surface area contributed by atoms with Crippen LogP contribution in [0.25, 0.3) is 0 Å². The molecule has 13 heavy (non-hydrogen) atoms. The van der Waals surface area contributed by atoms with Crippen LogP contribution in [0.15, 0.2) is 4.99 Å². The second kappa shape index (κ2) is 3.96. The normalized spacial score (nSPS) is 28.5. The highest BCUT2D eigenvalue weighted by molar-refractivity contribution is 5.81. The number of hydrogen-bond donors (Lipinski definition) is 2. The third-order valence-corrected chi connectivity index (χ3v) is 2.79. The number of guanidine groups is 1. The van der Waals surface area contributed by atoms with Crippen molar-refractivity contribution >= 4 is 5.96 Å². The molecule has 0 aromatic carbocycles. The molecule has 74 valence electrons. The maximum atomic E-state index is 4.43. The first kappa shape index (κ1) is 8.81. The number of rotatable bonds is 1. The van der Waals surface area contributed by atoms with Crippen molar-refractivity contribution in [2.75, 3.05) is 33.2 Å². The molecular formula is C9H18N4. The minimum absolute atomic E-state index is 0.638. The van der Waals surface area contributed by atoms with Gasteiger partial charge in [-0.25, -0.2) is 0 Å². The molecule has 2 aliphatic rings. The van der Waals surface area contributed by atoms with E-state index in [1.165, 1.54) is 12.8 Å². The lowest BCUT2D eigenvalue weighted by Gasteiger charge is -2.33. The Kier molecular flexibility index (Phi) is 2.68. The predicted octanol–water partition coefficient (Wildman–Crippen LogP) is -0.371. The topological polar surface area (TPSA) is 39.7 Å². The molecule has 1 fully saturated rings. The van der Waals surface area contributed by atoms with Crippen LogP contribution in [-0.2, 0) is 0 Å². The monoisotopic (exact) mass is 182 g/mol. The van der Waals surface area contributed by atoms with Gasteiger partial charge in [0.05, 0.1) is 6.54 Å². The SMILES string of the molecule is CNC1CCCN(C2=NCCN2)C1. The van der Waals surface area contributed by atoms with Gasteiger partial charge in [-0.05, 0) is 19.9 Å². The zero-order valence-corrected chi connectivity index (χ0v) is 8.21. The van der Waals surface area contributed by atoms with Gasteiger partial charge in [-0.2, -0.15) is 0 Å². The van der Waals surface area contributed by atoms with E-state index in [0.717, 1.165) is 32.1 Å². The van der Waals surface area contributed by atoms with Crippen LogP contribution in [-0.4, -0.2) is 50.1 Å². The van der Waals surface area contributed by atoms with Crippen LogP contribution < -0.4 is 10.6 Å². The van der Waals surface area contributed by atoms with Crippen molar-refractivity contribution in [2.45, 2.75) is 18.9 Å². The molecule has 0 aliphatic carbocycles. The zero-order valence-electron chi connectivity index (χ0n) is 8.21. The van der Waals surface area contributed by atoms with E-state index < -0.39 is 0 Å². The van der Waals surface area contributed by atoms with Gasteiger partial charge in [0, 0.05) is 25.7 Å². The molecule has 0 aromatic heterocycles. The lowest BCUT2D eigenvalue weighted by Crippen LogP contribution is -2.49. The fraction of sp³-hybridized carbons (Fsp3) is 0.889. The molecule has 0 radical (unpaired) electrons. The standard InChI is InChI=1S/C9H18N4/c1-10-8-3-2-6-13(7-8)9-11-4-5-12-9/h8,10H,2-7H2,1H3,(H,11,12). The van der Waals surface area contributed by atoms with Crippen molar-refractivity contribution in [3.63, 3.8) is 0 Å². The van der Waals surface area contributed by atoms with Crippen molar-refractivity contribution in [3.05, 3.63) is 0 Å². The number of likely N-dealkylation sites (tertiary alicyclic amines) is 1. The Balaban J connectivity index is 1.91. The molecule has 1 atom stereocenters. The van der Waals surface area contributed by atoms with E-state index in [1.54, 1.807) is 0 Å². The van der Waals surface area contributed by atoms with Crippen LogP contribution in [0.2, 0.25) is 0 Å². The van der Waals surface area contributed by atoms with Gasteiger partial charge in [0.15, 0.2) is 5.96 Å². The average molecular weight is 182 g/mol. The van der Waals surface area contributed by atoms with E-state index in [9.17, 15) is 0 Å². The van der Waals surface area contributed by atoms with Crippen LogP contribution in [0.4, 0.5) is 0 Å². The number of nitrogens with one attached hydrogen (secondary N) is 2. The van der Waals surface area contributed by atoms with Gasteiger partial charge in [0.2, 0.25) is 0 Å². The Morgan fingerprint density at radius 3 is 3.23 bits per heavy atom. The van der Waals surface area contributed by atoms with E-state index in [-0.39, 0.29) is 0 Å². The van der Waals surface area contributed by atoms with Crippen molar-refractivity contribution in [1.82, 2.24) is 15.5 Å². The van der Waals surface area contributed by atoms with Gasteiger partial charge in [0.25, 0.3) is 0 Å². The van der Waals surface area contributed by atoms with Crippen LogP contribution >= 0.6 is 0 Å². The molecule has 4 nitrogen and oxygen atoms in total. The molecule has 2 aliphatic heterocycles. The number of piperidine rings is 1. The highest BCUT2D eigenvalue weighted by Gasteiger charge is 2.22. The van der Waals surface area contributed by atoms with Gasteiger partial charge in [0.1, 0.15) is 0 Å². The first-order valence-corrected chi connectivity index (χ1v) is 5.10. The number of aliphatic imine (C=N–C) groups is 1. The van der Waals surface area contributed by atoms with E-state index in [0.29, 0.717) is 6.04 Å². The average Bonchev–Trinajstić information content (AvgIpc) is 2.71. The minimum atomic E-state index is 0.638. The highest BCUT2D eigenvalue weighted by Crippen LogP contribution is 2.10. The molecule has 0 amide bonds. The predicted molar refractivity (Wildman–Crippen MR) is 54.0 cm³/mol. The molecule has 2 N–H and O–H groups in total. The smallest absolute Gasteiger partial charge is 0.194 e. The van der Waals surface area contributed by atoms with Gasteiger partial charge in [-0.15, -0.1) is 0 Å². The van der Waals surface area contributed by atoms with E-state index in [2.05, 4.69) is 20.5 Å². The van der Waals surface area contributed by atoms with Gasteiger partial charge in [-0.1, -0.05) is 0 Å². The first-order chi connectivity index (χ1) is 6.40. The Hall–Kier alpha value is -0.770. The zero-order chi connectivity index (χ0) is 9.10. The number of nitrogens with zero attached hydrogens (tertiary/aromatic N) is 2. The van der Waals surface area contributed by atoms with Crippen molar-refractivity contribution < 1.29 is 0 Å². The maximum absolute atomic E-state index is 4.43. The summed E-state index contributed by atoms with van der Waals surface area (Å²) in [6.45, 7) is 4.21. The van der Waals surface area contributed by atoms with E-state index >= 15 is 0 Å². The molecule has 4 heteroatoms. The molecule has 0 saturated carbocycles. The second-order valence-corrected chi connectivity index (χ2v) is 3.71. The van der Waals surface area contributed by atoms with Crippen molar-refractivity contribution in [3.8, 4) is 0 Å². The van der Waals surface area contributed by atoms with Crippen LogP contribution in [0.3, 0.4) is 0 Å². The van der Waals surface area contributed by atoms with Gasteiger partial charge >= 0.3 is 0 Å². The summed E-state index contributed by atoms with van der Waals surface area (Å²) in [7, 11) is 2.04. The minimum Gasteiger partial charge on any atom is -0.354 e. The summed E-state index contributed by atoms with van der Waals surface area (Å²) in [4.78, 5) is 6.79. The number of hydrogen-bond acceptors (Lipinski definition) is 4. The molecule has 0 aromatic rings. The third-order valence-electron chi connectivity index (χ3n) is 2.79. The molecule has 0 bridgehead atoms. The molecular weight excluding hydrogens is 164 g/mol. The lowest BCUT2D eigenvalue weighted by atomic mass is 10.1. The van der Waals surface area contributed by atoms with E-state index in [1.807, 2.05) is 7.05 Å². The fourth-order valence-corrected chi connectivity index (χ4v) is 2.00. The Bertz CT molecular complexity index is 202. The summed E-state index contributed by atoms with van der Waals surface area (Å²) in [5.41, 5.74) is 0. The Labute approximate surface area is 79.4 Å². The van der Waals surface area contributed by atoms with Crippen molar-refractivity contribution in [1.29, 1.82) is 0 Å². The third kappa shape index (κ3) is 1.94. The van der Waals surface area contributed by atoms with Crippen LogP contribution in [0, 0.1) is 0 Å². The summed E-state index contributed by atoms with van der Waals surface area (Å²) in [5.74, 6) is 1.11. The summed E-state index contributed by atoms with van der Waals surface area (Å²) < 4.78 is 0. The van der Waals surface area contributed by atoms with Crippen molar-refractivity contribution in [2.24, 2.45) is 4.99 Å². The van der Waals surface area contributed by atoms with E-state index in [4.69, 9.17) is 0 Å². The summed E-state index contributed by atoms with van der Waals surface area (Å²) >= 11 is 0. The summed E-state index contributed by atoms with van der Waals surface area (Å²) in [6.07, 6.45) is 2.56. The fourth-order valence-electron chi connectivity index (χ4n) is 2.00. The Morgan fingerprint density at radius 2 is 2.54 bits per heavy atom. The Morgan fingerprint density at radius 1 is 1.62 bits per heavy atom. The van der Waals surface area contributed by atoms with Gasteiger partial charge < -0.3 is 15.5 Å². The molecule has 1 saturated heterocycles. The summed E-state index contributed by atoms with van der Waals surface area (Å²) in [6, 6.07) is 0.638. The second-order valence-electron chi connectivity index (χ2n) is 3.71. The lowest BCUT2D eigenvalue weighted by molar-refractivity contribution is 0.280. The molecule has 1 unspecified atom stereocenters. The van der Waals surface area contributed by atoms with Crippen LogP contribution in [0.1, 0.15) is 12.8 Å². The first-order valence-electron chi connectivity index (χ1n) is 5.10. The summed E-state index contributed by atoms with van der Waals surface area (Å²) in [5, 5.41) is 6.65. The van der Waals surface area contributed by atoms with Crippen LogP contribution in [0.5, 0.6) is 0 Å². The highest BCUT2D eigenvalue weighted by atomic mass is 15.3. The molecule has 2 rings (SSSR count). The molecule has 2 heterocycles. The van der Waals surface area contributed by atoms with Gasteiger partial charge in [-0.3, -0.25) is 4.99 Å². The molecule has 0 spiro atoms. The largest absolute Gasteiger partial charge is 0.354 e. The number of likely N-dealkylation sites (N-methyl/N-ethyl adjacent to an activating group) is 1. The maximum Gasteiger partial charge on any atom is 0.194 e. The quantitative estimate of drug-likeness (QED) is 0.581.